The maximum atomic E-state index is 6.09. The number of hydrogen-bond donors (Lipinski definition) is 1. The van der Waals surface area contributed by atoms with E-state index in [0.29, 0.717) is 5.02 Å². The summed E-state index contributed by atoms with van der Waals surface area (Å²) in [6, 6.07) is 14.3. The molecule has 23 heavy (non-hydrogen) atoms. The van der Waals surface area contributed by atoms with Crippen molar-refractivity contribution in [3.8, 4) is 0 Å². The van der Waals surface area contributed by atoms with E-state index >= 15 is 0 Å². The van der Waals surface area contributed by atoms with Gasteiger partial charge in [-0.15, -0.1) is 0 Å². The molecule has 0 aliphatic carbocycles. The van der Waals surface area contributed by atoms with Gasteiger partial charge >= 0.3 is 0 Å². The number of unbranched alkanes of at least 4 members (excludes halogenated alkanes) is 1. The molecule has 0 amide bonds. The van der Waals surface area contributed by atoms with E-state index in [2.05, 4.69) is 49.7 Å². The van der Waals surface area contributed by atoms with Crippen LogP contribution in [0.4, 0.5) is 5.69 Å². The van der Waals surface area contributed by atoms with Crippen molar-refractivity contribution in [1.82, 2.24) is 0 Å². The topological polar surface area (TPSA) is 12.0 Å². The van der Waals surface area contributed by atoms with Crippen LogP contribution < -0.4 is 5.32 Å². The fourth-order valence-electron chi connectivity index (χ4n) is 2.51. The molecule has 0 saturated carbocycles. The maximum Gasteiger partial charge on any atom is 0.0412 e. The molecule has 0 aliphatic heterocycles. The Morgan fingerprint density at radius 3 is 2.35 bits per heavy atom. The lowest BCUT2D eigenvalue weighted by Gasteiger charge is -2.15. The van der Waals surface area contributed by atoms with E-state index in [1.165, 1.54) is 18.4 Å². The van der Waals surface area contributed by atoms with Crippen LogP contribution in [0.25, 0.3) is 11.3 Å². The van der Waals surface area contributed by atoms with E-state index in [9.17, 15) is 0 Å². The minimum Gasteiger partial charge on any atom is -0.356 e. The summed E-state index contributed by atoms with van der Waals surface area (Å²) in [5.41, 5.74) is 6.28. The van der Waals surface area contributed by atoms with Gasteiger partial charge in [0.25, 0.3) is 0 Å². The summed E-state index contributed by atoms with van der Waals surface area (Å²) in [5.74, 6) is 0. The van der Waals surface area contributed by atoms with Gasteiger partial charge in [0.05, 0.1) is 0 Å². The monoisotopic (exact) mass is 325 g/mol. The highest BCUT2D eigenvalue weighted by molar-refractivity contribution is 6.30. The minimum atomic E-state index is 0.708. The Kier molecular flexibility index (Phi) is 6.06. The third-order valence-corrected chi connectivity index (χ3v) is 4.07. The first-order valence-electron chi connectivity index (χ1n) is 8.02. The lowest BCUT2D eigenvalue weighted by Crippen LogP contribution is -2.00. The quantitative estimate of drug-likeness (QED) is 0.590. The summed E-state index contributed by atoms with van der Waals surface area (Å²) in [6.07, 6.45) is 3.58. The second kappa shape index (κ2) is 8.03. The molecule has 0 bridgehead atoms. The molecule has 2 aromatic carbocycles. The van der Waals surface area contributed by atoms with E-state index in [1.54, 1.807) is 0 Å². The summed E-state index contributed by atoms with van der Waals surface area (Å²) in [4.78, 5) is 0. The van der Waals surface area contributed by atoms with Gasteiger partial charge in [-0.25, -0.2) is 0 Å². The van der Waals surface area contributed by atoms with Crippen LogP contribution in [0.5, 0.6) is 0 Å². The molecule has 0 atom stereocenters. The lowest BCUT2D eigenvalue weighted by molar-refractivity contribution is 0.795. The summed E-state index contributed by atoms with van der Waals surface area (Å²) in [6.45, 7) is 12.4. The van der Waals surface area contributed by atoms with Gasteiger partial charge in [0.2, 0.25) is 0 Å². The maximum absolute atomic E-state index is 6.09. The van der Waals surface area contributed by atoms with Gasteiger partial charge in [-0.2, -0.15) is 0 Å². The molecular weight excluding hydrogens is 302 g/mol. The molecule has 2 rings (SSSR count). The summed E-state index contributed by atoms with van der Waals surface area (Å²) in [7, 11) is 0. The van der Waals surface area contributed by atoms with Crippen molar-refractivity contribution in [2.45, 2.75) is 33.1 Å². The van der Waals surface area contributed by atoms with E-state index in [0.717, 1.165) is 34.5 Å². The SMILES string of the molecule is C=C(C)c1cc(Cl)ccc1C(=C)Nc1ccc(CCCC)cc1. The number of halogens is 1. The lowest BCUT2D eigenvalue weighted by atomic mass is 10.00. The predicted molar refractivity (Wildman–Crippen MR) is 104 cm³/mol. The number of benzene rings is 2. The zero-order chi connectivity index (χ0) is 16.8. The first-order valence-corrected chi connectivity index (χ1v) is 8.39. The van der Waals surface area contributed by atoms with Gasteiger partial charge in [-0.1, -0.05) is 61.9 Å². The number of anilines is 1. The number of rotatable bonds is 7. The average Bonchev–Trinajstić information content (AvgIpc) is 2.54. The number of hydrogen-bond acceptors (Lipinski definition) is 1. The van der Waals surface area contributed by atoms with E-state index in [4.69, 9.17) is 11.6 Å². The molecule has 2 heteroatoms. The fourth-order valence-corrected chi connectivity index (χ4v) is 2.68. The molecule has 0 spiro atoms. The van der Waals surface area contributed by atoms with Crippen molar-refractivity contribution in [2.24, 2.45) is 0 Å². The third kappa shape index (κ3) is 4.74. The third-order valence-electron chi connectivity index (χ3n) is 3.83. The van der Waals surface area contributed by atoms with Gasteiger partial charge in [-0.3, -0.25) is 0 Å². The van der Waals surface area contributed by atoms with E-state index < -0.39 is 0 Å². The van der Waals surface area contributed by atoms with E-state index in [-0.39, 0.29) is 0 Å². The van der Waals surface area contributed by atoms with Crippen LogP contribution in [0.3, 0.4) is 0 Å². The summed E-state index contributed by atoms with van der Waals surface area (Å²) in [5, 5.41) is 4.09. The van der Waals surface area contributed by atoms with Crippen LogP contribution in [0.1, 0.15) is 43.4 Å². The highest BCUT2D eigenvalue weighted by Crippen LogP contribution is 2.28. The molecule has 0 aromatic heterocycles. The Bertz CT molecular complexity index is 698. The van der Waals surface area contributed by atoms with Crippen LogP contribution in [0.2, 0.25) is 5.02 Å². The fraction of sp³-hybridized carbons (Fsp3) is 0.238. The van der Waals surface area contributed by atoms with Crippen LogP contribution in [-0.2, 0) is 6.42 Å². The zero-order valence-corrected chi connectivity index (χ0v) is 14.7. The zero-order valence-electron chi connectivity index (χ0n) is 14.0. The molecule has 2 aromatic rings. The number of aryl methyl sites for hydroxylation is 1. The van der Waals surface area contributed by atoms with Gasteiger partial charge in [0.15, 0.2) is 0 Å². The number of allylic oxidation sites excluding steroid dienone is 1. The molecule has 0 fully saturated rings. The second-order valence-electron chi connectivity index (χ2n) is 5.87. The smallest absolute Gasteiger partial charge is 0.0412 e. The first-order chi connectivity index (χ1) is 11.0. The van der Waals surface area contributed by atoms with E-state index in [1.807, 2.05) is 25.1 Å². The molecule has 0 heterocycles. The predicted octanol–water partition coefficient (Wildman–Crippen LogP) is 6.80. The van der Waals surface area contributed by atoms with Crippen molar-refractivity contribution >= 4 is 28.6 Å². The standard InChI is InChI=1S/C21H24ClN/c1-5-6-7-17-8-11-19(12-9-17)23-16(4)20-13-10-18(22)14-21(20)15(2)3/h8-14,23H,2,4-7H2,1,3H3. The van der Waals surface area contributed by atoms with Crippen molar-refractivity contribution < 1.29 is 0 Å². The molecular formula is C21H24ClN. The van der Waals surface area contributed by atoms with Crippen LogP contribution in [-0.4, -0.2) is 0 Å². The number of nitrogens with one attached hydrogen (secondary N) is 1. The van der Waals surface area contributed by atoms with Crippen LogP contribution in [0, 0.1) is 0 Å². The van der Waals surface area contributed by atoms with Crippen LogP contribution >= 0.6 is 11.6 Å². The Morgan fingerprint density at radius 1 is 1.04 bits per heavy atom. The van der Waals surface area contributed by atoms with Crippen molar-refractivity contribution in [1.29, 1.82) is 0 Å². The van der Waals surface area contributed by atoms with Crippen molar-refractivity contribution in [3.63, 3.8) is 0 Å². The van der Waals surface area contributed by atoms with Crippen molar-refractivity contribution in [2.75, 3.05) is 5.32 Å². The van der Waals surface area contributed by atoms with Crippen molar-refractivity contribution in [3.05, 3.63) is 77.3 Å². The van der Waals surface area contributed by atoms with Gasteiger partial charge < -0.3 is 5.32 Å². The molecule has 0 radical (unpaired) electrons. The molecule has 0 aliphatic rings. The van der Waals surface area contributed by atoms with Gasteiger partial charge in [-0.05, 0) is 55.2 Å². The van der Waals surface area contributed by atoms with Crippen LogP contribution in [0.15, 0.2) is 55.6 Å². The highest BCUT2D eigenvalue weighted by atomic mass is 35.5. The summed E-state index contributed by atoms with van der Waals surface area (Å²) >= 11 is 6.09. The normalized spacial score (nSPS) is 10.4. The average molecular weight is 326 g/mol. The highest BCUT2D eigenvalue weighted by Gasteiger charge is 2.08. The Hall–Kier alpha value is -1.99. The molecule has 1 N–H and O–H groups in total. The first kappa shape index (κ1) is 17.4. The minimum absolute atomic E-state index is 0.708. The molecule has 0 unspecified atom stereocenters. The Morgan fingerprint density at radius 2 is 1.74 bits per heavy atom. The molecule has 0 saturated heterocycles. The molecule has 120 valence electrons. The Balaban J connectivity index is 2.14. The molecule has 1 nitrogen and oxygen atoms in total. The largest absolute Gasteiger partial charge is 0.356 e. The Labute approximate surface area is 144 Å². The van der Waals surface area contributed by atoms with Gasteiger partial charge in [0.1, 0.15) is 0 Å². The summed E-state index contributed by atoms with van der Waals surface area (Å²) < 4.78 is 0. The van der Waals surface area contributed by atoms with Gasteiger partial charge in [0, 0.05) is 22.0 Å². The second-order valence-corrected chi connectivity index (χ2v) is 6.31.